The Bertz CT molecular complexity index is 621. The molecule has 0 atom stereocenters. The molecule has 22 heavy (non-hydrogen) atoms. The monoisotopic (exact) mass is 297 g/mol. The minimum Gasteiger partial charge on any atom is -0.399 e. The summed E-state index contributed by atoms with van der Waals surface area (Å²) in [7, 11) is 0. The molecule has 0 aliphatic carbocycles. The van der Waals surface area contributed by atoms with Crippen molar-refractivity contribution >= 4 is 17.5 Å². The predicted octanol–water partition coefficient (Wildman–Crippen LogP) is 0.950. The number of nitrogens with two attached hydrogens (primary N) is 1. The first kappa shape index (κ1) is 14.3. The van der Waals surface area contributed by atoms with E-state index in [4.69, 9.17) is 5.73 Å². The molecule has 1 amide bonds. The Labute approximate surface area is 129 Å². The van der Waals surface area contributed by atoms with E-state index >= 15 is 0 Å². The quantitative estimate of drug-likeness (QED) is 0.854. The second-order valence-corrected chi connectivity index (χ2v) is 5.33. The molecule has 114 valence electrons. The zero-order valence-electron chi connectivity index (χ0n) is 12.4. The molecule has 2 heterocycles. The van der Waals surface area contributed by atoms with Gasteiger partial charge in [-0.15, -0.1) is 0 Å². The predicted molar refractivity (Wildman–Crippen MR) is 85.4 cm³/mol. The van der Waals surface area contributed by atoms with E-state index in [1.54, 1.807) is 18.5 Å². The number of nitrogens with zero attached hydrogens (tertiary/aromatic N) is 4. The zero-order valence-corrected chi connectivity index (χ0v) is 12.4. The van der Waals surface area contributed by atoms with Gasteiger partial charge in [-0.2, -0.15) is 0 Å². The first-order valence-electron chi connectivity index (χ1n) is 7.36. The van der Waals surface area contributed by atoms with Crippen LogP contribution < -0.4 is 10.6 Å². The third-order valence-electron chi connectivity index (χ3n) is 3.80. The SMILES string of the molecule is Nc1ccc(CC(=O)N2CCN(c3ncccn3)CC2)cc1. The zero-order chi connectivity index (χ0) is 15.4. The number of anilines is 2. The van der Waals surface area contributed by atoms with E-state index in [1.165, 1.54) is 0 Å². The van der Waals surface area contributed by atoms with Crippen LogP contribution in [-0.4, -0.2) is 47.0 Å². The van der Waals surface area contributed by atoms with Gasteiger partial charge in [0.15, 0.2) is 0 Å². The Morgan fingerprint density at radius 3 is 2.32 bits per heavy atom. The smallest absolute Gasteiger partial charge is 0.227 e. The number of hydrogen-bond donors (Lipinski definition) is 1. The van der Waals surface area contributed by atoms with Crippen molar-refractivity contribution in [2.24, 2.45) is 0 Å². The Balaban J connectivity index is 1.54. The lowest BCUT2D eigenvalue weighted by molar-refractivity contribution is -0.130. The van der Waals surface area contributed by atoms with Crippen molar-refractivity contribution in [3.05, 3.63) is 48.3 Å². The fraction of sp³-hybridized carbons (Fsp3) is 0.312. The van der Waals surface area contributed by atoms with Gasteiger partial charge in [0.05, 0.1) is 6.42 Å². The standard InChI is InChI=1S/C16H19N5O/c17-14-4-2-13(3-5-14)12-15(22)20-8-10-21(11-9-20)16-18-6-1-7-19-16/h1-7H,8-12,17H2. The van der Waals surface area contributed by atoms with Crippen molar-refractivity contribution in [3.63, 3.8) is 0 Å². The molecule has 6 heteroatoms. The molecule has 0 bridgehead atoms. The maximum absolute atomic E-state index is 12.3. The third kappa shape index (κ3) is 3.33. The Hall–Kier alpha value is -2.63. The third-order valence-corrected chi connectivity index (χ3v) is 3.80. The number of amides is 1. The molecule has 2 aromatic rings. The van der Waals surface area contributed by atoms with Gasteiger partial charge in [0, 0.05) is 44.3 Å². The van der Waals surface area contributed by atoms with Crippen LogP contribution in [0.2, 0.25) is 0 Å². The number of carbonyl (C=O) groups excluding carboxylic acids is 1. The van der Waals surface area contributed by atoms with Gasteiger partial charge in [-0.3, -0.25) is 4.79 Å². The molecule has 0 spiro atoms. The fourth-order valence-electron chi connectivity index (χ4n) is 2.53. The molecular weight excluding hydrogens is 278 g/mol. The lowest BCUT2D eigenvalue weighted by atomic mass is 10.1. The molecule has 1 aromatic heterocycles. The first-order valence-corrected chi connectivity index (χ1v) is 7.36. The number of nitrogen functional groups attached to an aromatic ring is 1. The number of benzene rings is 1. The summed E-state index contributed by atoms with van der Waals surface area (Å²) in [5.41, 5.74) is 7.37. The minimum absolute atomic E-state index is 0.151. The molecule has 6 nitrogen and oxygen atoms in total. The molecular formula is C16H19N5O. The summed E-state index contributed by atoms with van der Waals surface area (Å²) >= 11 is 0. The van der Waals surface area contributed by atoms with Crippen LogP contribution in [0.3, 0.4) is 0 Å². The van der Waals surface area contributed by atoms with Crippen LogP contribution in [0.4, 0.5) is 11.6 Å². The molecule has 2 N–H and O–H groups in total. The molecule has 1 aliphatic rings. The number of hydrogen-bond acceptors (Lipinski definition) is 5. The van der Waals surface area contributed by atoms with Crippen molar-refractivity contribution in [3.8, 4) is 0 Å². The minimum atomic E-state index is 0.151. The number of rotatable bonds is 3. The van der Waals surface area contributed by atoms with Crippen molar-refractivity contribution in [1.29, 1.82) is 0 Å². The lowest BCUT2D eigenvalue weighted by Gasteiger charge is -2.34. The van der Waals surface area contributed by atoms with Gasteiger partial charge < -0.3 is 15.5 Å². The van der Waals surface area contributed by atoms with Crippen LogP contribution in [0.5, 0.6) is 0 Å². The van der Waals surface area contributed by atoms with Gasteiger partial charge in [0.2, 0.25) is 11.9 Å². The van der Waals surface area contributed by atoms with Crippen LogP contribution >= 0.6 is 0 Å². The van der Waals surface area contributed by atoms with Crippen LogP contribution in [-0.2, 0) is 11.2 Å². The van der Waals surface area contributed by atoms with Crippen molar-refractivity contribution in [1.82, 2.24) is 14.9 Å². The molecule has 1 aromatic carbocycles. The van der Waals surface area contributed by atoms with E-state index in [1.807, 2.05) is 29.2 Å². The first-order chi connectivity index (χ1) is 10.7. The lowest BCUT2D eigenvalue weighted by Crippen LogP contribution is -2.49. The van der Waals surface area contributed by atoms with Gasteiger partial charge in [0.1, 0.15) is 0 Å². The second kappa shape index (κ2) is 6.43. The van der Waals surface area contributed by atoms with Gasteiger partial charge >= 0.3 is 0 Å². The molecule has 0 unspecified atom stereocenters. The average Bonchev–Trinajstić information content (AvgIpc) is 2.58. The number of carbonyl (C=O) groups is 1. The molecule has 1 aliphatic heterocycles. The van der Waals surface area contributed by atoms with E-state index in [9.17, 15) is 4.79 Å². The van der Waals surface area contributed by atoms with Crippen molar-refractivity contribution in [2.45, 2.75) is 6.42 Å². The normalized spacial score (nSPS) is 14.9. The number of piperazine rings is 1. The highest BCUT2D eigenvalue weighted by Crippen LogP contribution is 2.12. The molecule has 1 fully saturated rings. The summed E-state index contributed by atoms with van der Waals surface area (Å²) in [6.07, 6.45) is 3.89. The van der Waals surface area contributed by atoms with Crippen LogP contribution in [0, 0.1) is 0 Å². The maximum Gasteiger partial charge on any atom is 0.227 e. The van der Waals surface area contributed by atoms with E-state index in [-0.39, 0.29) is 5.91 Å². The average molecular weight is 297 g/mol. The highest BCUT2D eigenvalue weighted by molar-refractivity contribution is 5.79. The summed E-state index contributed by atoms with van der Waals surface area (Å²) in [5, 5.41) is 0. The van der Waals surface area contributed by atoms with Gasteiger partial charge in [-0.1, -0.05) is 12.1 Å². The molecule has 3 rings (SSSR count). The Kier molecular flexibility index (Phi) is 4.18. The number of aromatic nitrogens is 2. The summed E-state index contributed by atoms with van der Waals surface area (Å²) < 4.78 is 0. The van der Waals surface area contributed by atoms with Crippen molar-refractivity contribution < 1.29 is 4.79 Å². The summed E-state index contributed by atoms with van der Waals surface area (Å²) in [5.74, 6) is 0.881. The Morgan fingerprint density at radius 2 is 1.68 bits per heavy atom. The van der Waals surface area contributed by atoms with Gasteiger partial charge in [-0.05, 0) is 23.8 Å². The van der Waals surface area contributed by atoms with E-state index in [2.05, 4.69) is 14.9 Å². The topological polar surface area (TPSA) is 75.4 Å². The van der Waals surface area contributed by atoms with Crippen LogP contribution in [0.1, 0.15) is 5.56 Å². The molecule has 1 saturated heterocycles. The summed E-state index contributed by atoms with van der Waals surface area (Å²) in [6, 6.07) is 9.26. The fourth-order valence-corrected chi connectivity index (χ4v) is 2.53. The van der Waals surface area contributed by atoms with Gasteiger partial charge in [0.25, 0.3) is 0 Å². The maximum atomic E-state index is 12.3. The van der Waals surface area contributed by atoms with Crippen LogP contribution in [0.25, 0.3) is 0 Å². The molecule has 0 saturated carbocycles. The summed E-state index contributed by atoms with van der Waals surface area (Å²) in [6.45, 7) is 2.92. The van der Waals surface area contributed by atoms with Gasteiger partial charge in [-0.25, -0.2) is 9.97 Å². The summed E-state index contributed by atoms with van der Waals surface area (Å²) in [4.78, 5) is 24.8. The van der Waals surface area contributed by atoms with E-state index in [0.717, 1.165) is 24.6 Å². The van der Waals surface area contributed by atoms with E-state index in [0.29, 0.717) is 25.2 Å². The second-order valence-electron chi connectivity index (χ2n) is 5.33. The highest BCUT2D eigenvalue weighted by Gasteiger charge is 2.22. The molecule has 0 radical (unpaired) electrons. The Morgan fingerprint density at radius 1 is 1.05 bits per heavy atom. The van der Waals surface area contributed by atoms with Crippen LogP contribution in [0.15, 0.2) is 42.7 Å². The largest absolute Gasteiger partial charge is 0.399 e. The van der Waals surface area contributed by atoms with E-state index < -0.39 is 0 Å². The van der Waals surface area contributed by atoms with Crippen molar-refractivity contribution in [2.75, 3.05) is 36.8 Å². The highest BCUT2D eigenvalue weighted by atomic mass is 16.2.